The predicted octanol–water partition coefficient (Wildman–Crippen LogP) is 3.17. The number of carbonyl (C=O) groups excluding carboxylic acids is 1. The molecular formula is C17H20ClN3O3. The Labute approximate surface area is 145 Å². The van der Waals surface area contributed by atoms with E-state index in [4.69, 9.17) is 20.8 Å². The predicted molar refractivity (Wildman–Crippen MR) is 89.4 cm³/mol. The van der Waals surface area contributed by atoms with Crippen LogP contribution in [0.25, 0.3) is 11.5 Å². The van der Waals surface area contributed by atoms with Crippen LogP contribution in [0.2, 0.25) is 5.02 Å². The highest BCUT2D eigenvalue weighted by Crippen LogP contribution is 2.23. The van der Waals surface area contributed by atoms with Crippen LogP contribution in [0.15, 0.2) is 28.7 Å². The first-order valence-electron chi connectivity index (χ1n) is 8.13. The van der Waals surface area contributed by atoms with Gasteiger partial charge in [0.05, 0.1) is 19.1 Å². The number of benzene rings is 1. The third kappa shape index (κ3) is 4.13. The fourth-order valence-electron chi connectivity index (χ4n) is 2.87. The molecule has 0 unspecified atom stereocenters. The molecule has 1 aromatic carbocycles. The summed E-state index contributed by atoms with van der Waals surface area (Å²) in [5.74, 6) is 0.831. The highest BCUT2D eigenvalue weighted by Gasteiger charge is 2.27. The number of nitrogens with zero attached hydrogens (tertiary/aromatic N) is 3. The zero-order chi connectivity index (χ0) is 16.9. The molecule has 1 fully saturated rings. The Morgan fingerprint density at radius 1 is 1.38 bits per heavy atom. The van der Waals surface area contributed by atoms with Crippen LogP contribution >= 0.6 is 11.6 Å². The molecule has 0 aliphatic carbocycles. The second kappa shape index (κ2) is 7.77. The van der Waals surface area contributed by atoms with E-state index < -0.39 is 0 Å². The first kappa shape index (κ1) is 16.9. The monoisotopic (exact) mass is 349 g/mol. The van der Waals surface area contributed by atoms with Crippen LogP contribution in [0.5, 0.6) is 0 Å². The van der Waals surface area contributed by atoms with Crippen LogP contribution in [-0.4, -0.2) is 40.8 Å². The average molecular weight is 350 g/mol. The first-order chi connectivity index (χ1) is 11.7. The molecule has 1 aromatic heterocycles. The maximum atomic E-state index is 11.9. The number of rotatable bonds is 5. The Morgan fingerprint density at radius 3 is 2.92 bits per heavy atom. The van der Waals surface area contributed by atoms with E-state index in [-0.39, 0.29) is 11.9 Å². The number of aromatic nitrogens is 2. The summed E-state index contributed by atoms with van der Waals surface area (Å²) in [6.07, 6.45) is 1.83. The van der Waals surface area contributed by atoms with Gasteiger partial charge in [-0.1, -0.05) is 11.6 Å². The summed E-state index contributed by atoms with van der Waals surface area (Å²) in [5, 5.41) is 8.86. The van der Waals surface area contributed by atoms with Crippen molar-refractivity contribution in [3.8, 4) is 11.5 Å². The molecule has 0 radical (unpaired) electrons. The van der Waals surface area contributed by atoms with Crippen molar-refractivity contribution in [2.45, 2.75) is 26.3 Å². The Kier molecular flexibility index (Phi) is 5.48. The third-order valence-corrected chi connectivity index (χ3v) is 4.29. The normalized spacial score (nSPS) is 18.5. The maximum absolute atomic E-state index is 11.9. The van der Waals surface area contributed by atoms with Crippen molar-refractivity contribution >= 4 is 17.6 Å². The van der Waals surface area contributed by atoms with Crippen molar-refractivity contribution in [1.29, 1.82) is 0 Å². The van der Waals surface area contributed by atoms with E-state index in [1.807, 2.05) is 19.1 Å². The zero-order valence-electron chi connectivity index (χ0n) is 13.6. The van der Waals surface area contributed by atoms with Gasteiger partial charge in [-0.3, -0.25) is 9.69 Å². The molecule has 7 heteroatoms. The average Bonchev–Trinajstić information content (AvgIpc) is 3.04. The highest BCUT2D eigenvalue weighted by molar-refractivity contribution is 6.30. The Bertz CT molecular complexity index is 687. The number of likely N-dealkylation sites (tertiary alicyclic amines) is 1. The van der Waals surface area contributed by atoms with Crippen molar-refractivity contribution < 1.29 is 13.9 Å². The Balaban J connectivity index is 1.62. The van der Waals surface area contributed by atoms with E-state index in [0.29, 0.717) is 36.5 Å². The van der Waals surface area contributed by atoms with Crippen LogP contribution in [0.4, 0.5) is 0 Å². The second-order valence-corrected chi connectivity index (χ2v) is 6.27. The molecule has 1 aliphatic rings. The summed E-state index contributed by atoms with van der Waals surface area (Å²) in [5.41, 5.74) is 0.834. The van der Waals surface area contributed by atoms with Gasteiger partial charge in [-0.2, -0.15) is 0 Å². The zero-order valence-corrected chi connectivity index (χ0v) is 14.3. The number of piperidine rings is 1. The molecule has 2 heterocycles. The van der Waals surface area contributed by atoms with Crippen LogP contribution in [-0.2, 0) is 16.1 Å². The summed E-state index contributed by atoms with van der Waals surface area (Å²) in [4.78, 5) is 14.1. The van der Waals surface area contributed by atoms with Gasteiger partial charge in [-0.25, -0.2) is 0 Å². The third-order valence-electron chi connectivity index (χ3n) is 4.04. The summed E-state index contributed by atoms with van der Waals surface area (Å²) in [6.45, 7) is 4.36. The molecule has 0 bridgehead atoms. The van der Waals surface area contributed by atoms with Crippen molar-refractivity contribution in [3.63, 3.8) is 0 Å². The van der Waals surface area contributed by atoms with E-state index in [2.05, 4.69) is 15.1 Å². The van der Waals surface area contributed by atoms with E-state index >= 15 is 0 Å². The summed E-state index contributed by atoms with van der Waals surface area (Å²) in [6, 6.07) is 7.26. The van der Waals surface area contributed by atoms with Gasteiger partial charge in [0.2, 0.25) is 11.8 Å². The summed E-state index contributed by atoms with van der Waals surface area (Å²) in [7, 11) is 0. The molecule has 2 aromatic rings. The van der Waals surface area contributed by atoms with Crippen LogP contribution in [0.3, 0.4) is 0 Å². The molecule has 0 saturated carbocycles. The van der Waals surface area contributed by atoms with Crippen LogP contribution < -0.4 is 0 Å². The van der Waals surface area contributed by atoms with Crippen molar-refractivity contribution in [2.24, 2.45) is 5.92 Å². The molecule has 128 valence electrons. The van der Waals surface area contributed by atoms with Gasteiger partial charge in [-0.15, -0.1) is 10.2 Å². The van der Waals surface area contributed by atoms with Crippen molar-refractivity contribution in [3.05, 3.63) is 35.2 Å². The molecule has 0 spiro atoms. The molecule has 1 atom stereocenters. The van der Waals surface area contributed by atoms with Gasteiger partial charge in [0.1, 0.15) is 0 Å². The number of carbonyl (C=O) groups is 1. The van der Waals surface area contributed by atoms with Crippen molar-refractivity contribution in [2.75, 3.05) is 19.7 Å². The Hall–Kier alpha value is -1.92. The summed E-state index contributed by atoms with van der Waals surface area (Å²) >= 11 is 5.88. The smallest absolute Gasteiger partial charge is 0.310 e. The molecular weight excluding hydrogens is 330 g/mol. The molecule has 1 saturated heterocycles. The largest absolute Gasteiger partial charge is 0.466 e. The summed E-state index contributed by atoms with van der Waals surface area (Å²) < 4.78 is 10.9. The lowest BCUT2D eigenvalue weighted by molar-refractivity contribution is -0.150. The minimum atomic E-state index is -0.116. The lowest BCUT2D eigenvalue weighted by atomic mass is 9.98. The number of hydrogen-bond acceptors (Lipinski definition) is 6. The fraction of sp³-hybridized carbons (Fsp3) is 0.471. The lowest BCUT2D eigenvalue weighted by Crippen LogP contribution is -2.39. The van der Waals surface area contributed by atoms with Crippen LogP contribution in [0.1, 0.15) is 25.7 Å². The minimum absolute atomic E-state index is 0.0719. The van der Waals surface area contributed by atoms with E-state index in [1.165, 1.54) is 0 Å². The van der Waals surface area contributed by atoms with E-state index in [0.717, 1.165) is 24.9 Å². The van der Waals surface area contributed by atoms with E-state index in [1.54, 1.807) is 12.1 Å². The molecule has 0 N–H and O–H groups in total. The molecule has 6 nitrogen and oxygen atoms in total. The second-order valence-electron chi connectivity index (χ2n) is 5.83. The van der Waals surface area contributed by atoms with Gasteiger partial charge >= 0.3 is 5.97 Å². The number of esters is 1. The molecule has 1 aliphatic heterocycles. The SMILES string of the molecule is CCOC(=O)[C@@H]1CCCN(Cc2nnc(-c3ccc(Cl)cc3)o2)C1. The highest BCUT2D eigenvalue weighted by atomic mass is 35.5. The lowest BCUT2D eigenvalue weighted by Gasteiger charge is -2.30. The van der Waals surface area contributed by atoms with E-state index in [9.17, 15) is 4.79 Å². The maximum Gasteiger partial charge on any atom is 0.310 e. The fourth-order valence-corrected chi connectivity index (χ4v) is 3.00. The molecule has 0 amide bonds. The molecule has 24 heavy (non-hydrogen) atoms. The first-order valence-corrected chi connectivity index (χ1v) is 8.51. The molecule has 3 rings (SSSR count). The van der Waals surface area contributed by atoms with Gasteiger partial charge in [0.15, 0.2) is 0 Å². The van der Waals surface area contributed by atoms with Crippen LogP contribution in [0, 0.1) is 5.92 Å². The minimum Gasteiger partial charge on any atom is -0.466 e. The van der Waals surface area contributed by atoms with Gasteiger partial charge < -0.3 is 9.15 Å². The van der Waals surface area contributed by atoms with Gasteiger partial charge in [0.25, 0.3) is 0 Å². The topological polar surface area (TPSA) is 68.5 Å². The number of halogens is 1. The number of hydrogen-bond donors (Lipinski definition) is 0. The van der Waals surface area contributed by atoms with Gasteiger partial charge in [0, 0.05) is 17.1 Å². The number of ether oxygens (including phenoxy) is 1. The standard InChI is InChI=1S/C17H20ClN3O3/c1-2-23-17(22)13-4-3-9-21(10-13)11-15-19-20-16(24-15)12-5-7-14(18)8-6-12/h5-8,13H,2-4,9-11H2,1H3/t13-/m1/s1. The Morgan fingerprint density at radius 2 is 2.17 bits per heavy atom. The van der Waals surface area contributed by atoms with Gasteiger partial charge in [-0.05, 0) is 50.6 Å². The van der Waals surface area contributed by atoms with Crippen molar-refractivity contribution in [1.82, 2.24) is 15.1 Å². The quantitative estimate of drug-likeness (QED) is 0.772.